The summed E-state index contributed by atoms with van der Waals surface area (Å²) in [6.45, 7) is 4.31. The van der Waals surface area contributed by atoms with Gasteiger partial charge in [0.1, 0.15) is 0 Å². The molecule has 0 unspecified atom stereocenters. The Balaban J connectivity index is 1.18. The standard InChI is InChI=1S/C59H43N/c1-3-41(43-18-8-5-9-19-43)35-52(34-40(2)42-16-6-4-7-17-42)46-26-30-47(31-27-46)56-39-58(51-33-29-45-21-11-13-23-49(45)37-51)60-59-54-25-15-14-24-53(54)55(38-57(56)59)50-32-28-44-20-10-12-22-48(44)36-50/h3-39H,1-2H3/b40-34+,41-3+,52-35+. The Bertz CT molecular complexity index is 3290. The van der Waals surface area contributed by atoms with Gasteiger partial charge in [-0.1, -0.05) is 194 Å². The molecule has 1 heterocycles. The number of allylic oxidation sites excluding steroid dienone is 6. The summed E-state index contributed by atoms with van der Waals surface area (Å²) in [4.78, 5) is 5.51. The summed E-state index contributed by atoms with van der Waals surface area (Å²) >= 11 is 0. The van der Waals surface area contributed by atoms with Crippen molar-refractivity contribution >= 4 is 59.9 Å². The first-order valence-corrected chi connectivity index (χ1v) is 20.7. The Morgan fingerprint density at radius 3 is 1.57 bits per heavy atom. The average Bonchev–Trinajstić information content (AvgIpc) is 3.32. The summed E-state index contributed by atoms with van der Waals surface area (Å²) in [5, 5.41) is 8.36. The van der Waals surface area contributed by atoms with Crippen LogP contribution < -0.4 is 0 Å². The second-order valence-electron chi connectivity index (χ2n) is 15.5. The van der Waals surface area contributed by atoms with Crippen LogP contribution in [0.1, 0.15) is 30.5 Å². The second-order valence-corrected chi connectivity index (χ2v) is 15.5. The molecule has 60 heavy (non-hydrogen) atoms. The number of benzene rings is 9. The highest BCUT2D eigenvalue weighted by Crippen LogP contribution is 2.41. The van der Waals surface area contributed by atoms with Crippen LogP contribution in [0.5, 0.6) is 0 Å². The molecular formula is C59H43N. The molecule has 284 valence electrons. The zero-order valence-electron chi connectivity index (χ0n) is 33.8. The number of rotatable bonds is 8. The van der Waals surface area contributed by atoms with Crippen molar-refractivity contribution in [2.75, 3.05) is 0 Å². The van der Waals surface area contributed by atoms with E-state index in [1.807, 2.05) is 0 Å². The van der Waals surface area contributed by atoms with Crippen molar-refractivity contribution in [2.45, 2.75) is 13.8 Å². The van der Waals surface area contributed by atoms with Crippen LogP contribution in [0.2, 0.25) is 0 Å². The maximum atomic E-state index is 5.51. The largest absolute Gasteiger partial charge is 0.247 e. The summed E-state index contributed by atoms with van der Waals surface area (Å²) in [5.41, 5.74) is 14.9. The molecule has 10 aromatic rings. The van der Waals surface area contributed by atoms with Crippen LogP contribution in [-0.2, 0) is 0 Å². The normalized spacial score (nSPS) is 12.5. The zero-order valence-corrected chi connectivity index (χ0v) is 33.8. The lowest BCUT2D eigenvalue weighted by atomic mass is 9.89. The van der Waals surface area contributed by atoms with Crippen molar-refractivity contribution in [3.63, 3.8) is 0 Å². The topological polar surface area (TPSA) is 12.9 Å². The monoisotopic (exact) mass is 765 g/mol. The Morgan fingerprint density at radius 2 is 0.900 bits per heavy atom. The van der Waals surface area contributed by atoms with Crippen LogP contribution in [0, 0.1) is 0 Å². The number of hydrogen-bond donors (Lipinski definition) is 0. The van der Waals surface area contributed by atoms with Gasteiger partial charge in [-0.25, -0.2) is 4.98 Å². The predicted octanol–water partition coefficient (Wildman–Crippen LogP) is 16.3. The fourth-order valence-corrected chi connectivity index (χ4v) is 8.58. The molecule has 9 aromatic carbocycles. The smallest absolute Gasteiger partial charge is 0.0794 e. The van der Waals surface area contributed by atoms with E-state index in [-0.39, 0.29) is 0 Å². The molecule has 0 fully saturated rings. The van der Waals surface area contributed by atoms with E-state index in [1.54, 1.807) is 0 Å². The summed E-state index contributed by atoms with van der Waals surface area (Å²) < 4.78 is 0. The highest BCUT2D eigenvalue weighted by atomic mass is 14.7. The average molecular weight is 766 g/mol. The van der Waals surface area contributed by atoms with Crippen LogP contribution in [0.4, 0.5) is 0 Å². The van der Waals surface area contributed by atoms with Crippen molar-refractivity contribution in [3.05, 3.63) is 241 Å². The minimum Gasteiger partial charge on any atom is -0.247 e. The molecule has 0 saturated heterocycles. The minimum atomic E-state index is 0.957. The molecule has 0 spiro atoms. The number of fused-ring (bicyclic) bond motifs is 5. The van der Waals surface area contributed by atoms with Crippen LogP contribution in [0.3, 0.4) is 0 Å². The SMILES string of the molecule is C\C=C(/C=C(\C=C(/C)c1ccccc1)c1ccc(-c2cc(-c3ccc4ccccc4c3)nc3c2cc(-c2ccc4ccccc4c2)c2ccccc23)cc1)c1ccccc1. The van der Waals surface area contributed by atoms with E-state index in [0.717, 1.165) is 49.8 Å². The van der Waals surface area contributed by atoms with Crippen molar-refractivity contribution in [1.29, 1.82) is 0 Å². The molecular weight excluding hydrogens is 723 g/mol. The maximum Gasteiger partial charge on any atom is 0.0794 e. The maximum absolute atomic E-state index is 5.51. The van der Waals surface area contributed by atoms with Crippen molar-refractivity contribution in [3.8, 4) is 33.5 Å². The predicted molar refractivity (Wildman–Crippen MR) is 259 cm³/mol. The Morgan fingerprint density at radius 1 is 0.383 bits per heavy atom. The van der Waals surface area contributed by atoms with Gasteiger partial charge in [0.05, 0.1) is 11.2 Å². The van der Waals surface area contributed by atoms with Gasteiger partial charge in [-0.3, -0.25) is 0 Å². The van der Waals surface area contributed by atoms with E-state index < -0.39 is 0 Å². The lowest BCUT2D eigenvalue weighted by Crippen LogP contribution is -1.94. The van der Waals surface area contributed by atoms with Gasteiger partial charge in [0.2, 0.25) is 0 Å². The minimum absolute atomic E-state index is 0.957. The van der Waals surface area contributed by atoms with E-state index in [9.17, 15) is 0 Å². The van der Waals surface area contributed by atoms with E-state index in [2.05, 4.69) is 238 Å². The molecule has 0 amide bonds. The number of nitrogens with zero attached hydrogens (tertiary/aromatic N) is 1. The van der Waals surface area contributed by atoms with Crippen LogP contribution >= 0.6 is 0 Å². The molecule has 1 heteroatoms. The first-order valence-electron chi connectivity index (χ1n) is 20.7. The first-order chi connectivity index (χ1) is 29.6. The third kappa shape index (κ3) is 7.12. The number of hydrogen-bond acceptors (Lipinski definition) is 1. The van der Waals surface area contributed by atoms with E-state index >= 15 is 0 Å². The van der Waals surface area contributed by atoms with E-state index in [1.165, 1.54) is 60.3 Å². The summed E-state index contributed by atoms with van der Waals surface area (Å²) in [5.74, 6) is 0. The Kier molecular flexibility index (Phi) is 9.77. The molecule has 0 saturated carbocycles. The lowest BCUT2D eigenvalue weighted by molar-refractivity contribution is 1.41. The summed E-state index contributed by atoms with van der Waals surface area (Å²) in [6.07, 6.45) is 6.83. The quantitative estimate of drug-likeness (QED) is 0.111. The fraction of sp³-hybridized carbons (Fsp3) is 0.0339. The molecule has 0 N–H and O–H groups in total. The molecule has 0 radical (unpaired) electrons. The van der Waals surface area contributed by atoms with E-state index in [4.69, 9.17) is 4.98 Å². The van der Waals surface area contributed by atoms with Gasteiger partial charge in [0.15, 0.2) is 0 Å². The van der Waals surface area contributed by atoms with Crippen molar-refractivity contribution in [1.82, 2.24) is 4.98 Å². The van der Waals surface area contributed by atoms with Crippen molar-refractivity contribution < 1.29 is 0 Å². The second kappa shape index (κ2) is 16.0. The highest BCUT2D eigenvalue weighted by molar-refractivity contribution is 6.16. The van der Waals surface area contributed by atoms with Gasteiger partial charge in [-0.05, 0) is 127 Å². The van der Waals surface area contributed by atoms with Gasteiger partial charge < -0.3 is 0 Å². The molecule has 1 nitrogen and oxygen atoms in total. The van der Waals surface area contributed by atoms with Gasteiger partial charge in [-0.15, -0.1) is 0 Å². The van der Waals surface area contributed by atoms with Crippen LogP contribution in [-0.4, -0.2) is 4.98 Å². The zero-order chi connectivity index (χ0) is 40.4. The Labute approximate surface area is 352 Å². The molecule has 0 bridgehead atoms. The fourth-order valence-electron chi connectivity index (χ4n) is 8.58. The molecule has 0 aliphatic carbocycles. The van der Waals surface area contributed by atoms with Gasteiger partial charge in [-0.2, -0.15) is 0 Å². The molecule has 0 aliphatic heterocycles. The van der Waals surface area contributed by atoms with Crippen LogP contribution in [0.25, 0.3) is 93.5 Å². The van der Waals surface area contributed by atoms with Gasteiger partial charge in [0.25, 0.3) is 0 Å². The molecule has 0 atom stereocenters. The van der Waals surface area contributed by atoms with Gasteiger partial charge >= 0.3 is 0 Å². The number of pyridine rings is 1. The summed E-state index contributed by atoms with van der Waals surface area (Å²) in [6, 6.07) is 74.5. The summed E-state index contributed by atoms with van der Waals surface area (Å²) in [7, 11) is 0. The van der Waals surface area contributed by atoms with Gasteiger partial charge in [0, 0.05) is 16.3 Å². The van der Waals surface area contributed by atoms with E-state index in [0.29, 0.717) is 0 Å². The van der Waals surface area contributed by atoms with Crippen molar-refractivity contribution in [2.24, 2.45) is 0 Å². The molecule has 0 aliphatic rings. The first kappa shape index (κ1) is 36.7. The highest BCUT2D eigenvalue weighted by Gasteiger charge is 2.17. The molecule has 1 aromatic heterocycles. The lowest BCUT2D eigenvalue weighted by Gasteiger charge is -2.17. The van der Waals surface area contributed by atoms with Crippen LogP contribution in [0.15, 0.2) is 224 Å². The molecule has 10 rings (SSSR count). The Hall–Kier alpha value is -7.61. The number of aromatic nitrogens is 1. The third-order valence-electron chi connectivity index (χ3n) is 11.8. The third-order valence-corrected chi connectivity index (χ3v) is 11.8.